The quantitative estimate of drug-likeness (QED) is 0.279. The molecule has 0 bridgehead atoms. The standard InChI is InChI=1S/C20H14N4O5/c25-20(15-9-5-2-6-10-15)19(14-7-3-1-4-8-14)22-21-17-12-11-16(23(26)27)13-18(17)24(28)29/h1-13,21H. The highest BCUT2D eigenvalue weighted by atomic mass is 16.6. The van der Waals surface area contributed by atoms with Crippen molar-refractivity contribution in [2.24, 2.45) is 5.10 Å². The Morgan fingerprint density at radius 3 is 1.93 bits per heavy atom. The van der Waals surface area contributed by atoms with Gasteiger partial charge in [0.15, 0.2) is 0 Å². The molecule has 0 aliphatic heterocycles. The van der Waals surface area contributed by atoms with Crippen molar-refractivity contribution in [2.75, 3.05) is 5.43 Å². The first-order valence-corrected chi connectivity index (χ1v) is 8.39. The summed E-state index contributed by atoms with van der Waals surface area (Å²) in [6.45, 7) is 0. The Morgan fingerprint density at radius 2 is 1.38 bits per heavy atom. The van der Waals surface area contributed by atoms with E-state index in [0.29, 0.717) is 11.1 Å². The van der Waals surface area contributed by atoms with Crippen LogP contribution in [0.2, 0.25) is 0 Å². The van der Waals surface area contributed by atoms with Gasteiger partial charge in [-0.25, -0.2) is 0 Å². The van der Waals surface area contributed by atoms with Crippen molar-refractivity contribution in [3.05, 3.63) is 110 Å². The molecule has 0 aliphatic rings. The Kier molecular flexibility index (Phi) is 5.69. The van der Waals surface area contributed by atoms with E-state index in [1.54, 1.807) is 60.7 Å². The van der Waals surface area contributed by atoms with Gasteiger partial charge in [0.2, 0.25) is 5.78 Å². The lowest BCUT2D eigenvalue weighted by Gasteiger charge is -2.08. The van der Waals surface area contributed by atoms with E-state index in [2.05, 4.69) is 10.5 Å². The molecule has 0 spiro atoms. The number of Topliss-reactive ketones (excluding diaryl/α,β-unsaturated/α-hetero) is 1. The van der Waals surface area contributed by atoms with Crippen LogP contribution in [0.3, 0.4) is 0 Å². The second-order valence-electron chi connectivity index (χ2n) is 5.85. The third kappa shape index (κ3) is 4.48. The summed E-state index contributed by atoms with van der Waals surface area (Å²) < 4.78 is 0. The second kappa shape index (κ2) is 8.53. The lowest BCUT2D eigenvalue weighted by Crippen LogP contribution is -2.17. The smallest absolute Gasteiger partial charge is 0.287 e. The Morgan fingerprint density at radius 1 is 0.793 bits per heavy atom. The molecular formula is C20H14N4O5. The molecule has 0 atom stereocenters. The van der Waals surface area contributed by atoms with Gasteiger partial charge in [-0.2, -0.15) is 5.10 Å². The van der Waals surface area contributed by atoms with E-state index in [-0.39, 0.29) is 17.2 Å². The van der Waals surface area contributed by atoms with Gasteiger partial charge in [0.25, 0.3) is 5.69 Å². The third-order valence-electron chi connectivity index (χ3n) is 3.98. The largest absolute Gasteiger partial charge is 0.301 e. The average molecular weight is 390 g/mol. The van der Waals surface area contributed by atoms with Crippen LogP contribution < -0.4 is 5.43 Å². The summed E-state index contributed by atoms with van der Waals surface area (Å²) in [5.74, 6) is -0.381. The number of hydrogen-bond acceptors (Lipinski definition) is 7. The first kappa shape index (κ1) is 19.4. The molecule has 9 heteroatoms. The minimum absolute atomic E-state index is 0.0458. The normalized spacial score (nSPS) is 11.0. The fraction of sp³-hybridized carbons (Fsp3) is 0. The van der Waals surface area contributed by atoms with Gasteiger partial charge >= 0.3 is 5.69 Å². The van der Waals surface area contributed by atoms with Gasteiger partial charge in [-0.15, -0.1) is 0 Å². The highest BCUT2D eigenvalue weighted by molar-refractivity contribution is 6.51. The van der Waals surface area contributed by atoms with Crippen LogP contribution in [0.15, 0.2) is 84.0 Å². The van der Waals surface area contributed by atoms with Crippen molar-refractivity contribution in [3.63, 3.8) is 0 Å². The minimum atomic E-state index is -0.758. The number of ketones is 1. The van der Waals surface area contributed by atoms with E-state index in [4.69, 9.17) is 0 Å². The molecule has 0 radical (unpaired) electrons. The van der Waals surface area contributed by atoms with Gasteiger partial charge in [-0.1, -0.05) is 60.7 Å². The van der Waals surface area contributed by atoms with E-state index in [1.165, 1.54) is 6.07 Å². The van der Waals surface area contributed by atoms with Crippen molar-refractivity contribution in [2.45, 2.75) is 0 Å². The van der Waals surface area contributed by atoms with Crippen LogP contribution in [0.25, 0.3) is 0 Å². The van der Waals surface area contributed by atoms with Gasteiger partial charge < -0.3 is 0 Å². The van der Waals surface area contributed by atoms with Crippen LogP contribution in [0.5, 0.6) is 0 Å². The maximum absolute atomic E-state index is 12.9. The van der Waals surface area contributed by atoms with Gasteiger partial charge in [0, 0.05) is 17.2 Å². The van der Waals surface area contributed by atoms with Crippen LogP contribution in [-0.4, -0.2) is 21.3 Å². The van der Waals surface area contributed by atoms with Gasteiger partial charge in [-0.3, -0.25) is 30.4 Å². The molecule has 3 rings (SSSR count). The lowest BCUT2D eigenvalue weighted by atomic mass is 10.0. The number of rotatable bonds is 7. The number of benzene rings is 3. The van der Waals surface area contributed by atoms with Gasteiger partial charge in [0.1, 0.15) is 11.4 Å². The van der Waals surface area contributed by atoms with E-state index >= 15 is 0 Å². The summed E-state index contributed by atoms with van der Waals surface area (Å²) in [6.07, 6.45) is 0. The number of hydrazone groups is 1. The summed E-state index contributed by atoms with van der Waals surface area (Å²) in [6, 6.07) is 20.2. The number of nitro benzene ring substituents is 2. The van der Waals surface area contributed by atoms with Crippen molar-refractivity contribution < 1.29 is 14.6 Å². The predicted octanol–water partition coefficient (Wildman–Crippen LogP) is 4.20. The molecule has 9 nitrogen and oxygen atoms in total. The Bertz CT molecular complexity index is 1100. The molecule has 3 aromatic carbocycles. The molecule has 0 unspecified atom stereocenters. The van der Waals surface area contributed by atoms with Crippen LogP contribution in [0.1, 0.15) is 15.9 Å². The molecule has 0 amide bonds. The van der Waals surface area contributed by atoms with Crippen molar-refractivity contribution in [1.29, 1.82) is 0 Å². The zero-order valence-electron chi connectivity index (χ0n) is 14.9. The molecule has 144 valence electrons. The number of carbonyl (C=O) groups is 1. The number of carbonyl (C=O) groups excluding carboxylic acids is 1. The zero-order chi connectivity index (χ0) is 20.8. The maximum Gasteiger partial charge on any atom is 0.301 e. The highest BCUT2D eigenvalue weighted by Crippen LogP contribution is 2.29. The molecule has 1 N–H and O–H groups in total. The van der Waals surface area contributed by atoms with E-state index in [9.17, 15) is 25.0 Å². The van der Waals surface area contributed by atoms with Crippen LogP contribution >= 0.6 is 0 Å². The first-order chi connectivity index (χ1) is 14.0. The molecule has 0 aromatic heterocycles. The fourth-order valence-corrected chi connectivity index (χ4v) is 2.56. The summed E-state index contributed by atoms with van der Waals surface area (Å²) in [4.78, 5) is 33.6. The highest BCUT2D eigenvalue weighted by Gasteiger charge is 2.21. The summed E-state index contributed by atoms with van der Waals surface area (Å²) >= 11 is 0. The predicted molar refractivity (Wildman–Crippen MR) is 107 cm³/mol. The molecule has 29 heavy (non-hydrogen) atoms. The Hall–Kier alpha value is -4.40. The number of nitrogens with one attached hydrogen (secondary N) is 1. The fourth-order valence-electron chi connectivity index (χ4n) is 2.56. The molecule has 0 saturated heterocycles. The minimum Gasteiger partial charge on any atom is -0.287 e. The Labute approximate surface area is 164 Å². The third-order valence-corrected chi connectivity index (χ3v) is 3.98. The lowest BCUT2D eigenvalue weighted by molar-refractivity contribution is -0.393. The second-order valence-corrected chi connectivity index (χ2v) is 5.85. The van der Waals surface area contributed by atoms with Crippen LogP contribution in [0, 0.1) is 20.2 Å². The van der Waals surface area contributed by atoms with E-state index in [1.807, 2.05) is 0 Å². The van der Waals surface area contributed by atoms with E-state index in [0.717, 1.165) is 12.1 Å². The van der Waals surface area contributed by atoms with Crippen LogP contribution in [-0.2, 0) is 0 Å². The molecule has 0 heterocycles. The number of anilines is 1. The SMILES string of the molecule is O=C(C(=NNc1ccc([N+](=O)[O-])cc1[N+](=O)[O-])c1ccccc1)c1ccccc1. The Balaban J connectivity index is 2.03. The molecule has 3 aromatic rings. The zero-order valence-corrected chi connectivity index (χ0v) is 14.9. The molecule has 0 saturated carbocycles. The van der Waals surface area contributed by atoms with Crippen LogP contribution in [0.4, 0.5) is 17.1 Å². The summed E-state index contributed by atoms with van der Waals surface area (Å²) in [7, 11) is 0. The topological polar surface area (TPSA) is 128 Å². The van der Waals surface area contributed by atoms with E-state index < -0.39 is 21.2 Å². The molecule has 0 fully saturated rings. The van der Waals surface area contributed by atoms with Crippen molar-refractivity contribution in [3.8, 4) is 0 Å². The van der Waals surface area contributed by atoms with Gasteiger partial charge in [-0.05, 0) is 6.07 Å². The number of nitro groups is 2. The monoisotopic (exact) mass is 390 g/mol. The summed E-state index contributed by atoms with van der Waals surface area (Å²) in [5, 5.41) is 26.3. The average Bonchev–Trinajstić information content (AvgIpc) is 2.75. The van der Waals surface area contributed by atoms with Gasteiger partial charge in [0.05, 0.1) is 15.9 Å². The maximum atomic E-state index is 12.9. The number of hydrogen-bond donors (Lipinski definition) is 1. The number of nitrogens with zero attached hydrogens (tertiary/aromatic N) is 3. The first-order valence-electron chi connectivity index (χ1n) is 8.39. The molecule has 0 aliphatic carbocycles. The summed E-state index contributed by atoms with van der Waals surface area (Å²) in [5.41, 5.74) is 2.45. The van der Waals surface area contributed by atoms with Crippen molar-refractivity contribution >= 4 is 28.6 Å². The molecular weight excluding hydrogens is 376 g/mol. The van der Waals surface area contributed by atoms with Crippen molar-refractivity contribution in [1.82, 2.24) is 0 Å². The number of non-ortho nitro benzene ring substituents is 1.